The third kappa shape index (κ3) is 7.88. The Hall–Kier alpha value is -1.94. The first-order valence-electron chi connectivity index (χ1n) is 9.57. The van der Waals surface area contributed by atoms with E-state index in [0.717, 1.165) is 16.1 Å². The van der Waals surface area contributed by atoms with E-state index >= 15 is 0 Å². The maximum absolute atomic E-state index is 12.3. The first kappa shape index (κ1) is 26.3. The van der Waals surface area contributed by atoms with E-state index < -0.39 is 15.9 Å². The lowest BCUT2D eigenvalue weighted by Gasteiger charge is -2.22. The summed E-state index contributed by atoms with van der Waals surface area (Å²) in [5.41, 5.74) is 1.69. The Labute approximate surface area is 203 Å². The average molecular weight is 518 g/mol. The molecule has 11 heteroatoms. The minimum Gasteiger partial charge on any atom is -0.354 e. The number of nitrogens with zero attached hydrogens (tertiary/aromatic N) is 2. The van der Waals surface area contributed by atoms with Crippen LogP contribution in [0.5, 0.6) is 0 Å². The molecule has 1 N–H and O–H groups in total. The number of carbonyl (C=O) groups excluding carboxylic acids is 2. The second kappa shape index (κ2) is 11.8. The molecular formula is C21H25Cl2N3O4S2. The molecule has 0 fully saturated rings. The molecule has 174 valence electrons. The van der Waals surface area contributed by atoms with Gasteiger partial charge in [-0.05, 0) is 42.0 Å². The van der Waals surface area contributed by atoms with Crippen molar-refractivity contribution >= 4 is 62.5 Å². The molecule has 0 aromatic heterocycles. The number of carbonyl (C=O) groups is 2. The summed E-state index contributed by atoms with van der Waals surface area (Å²) in [7, 11) is -0.434. The van der Waals surface area contributed by atoms with Crippen LogP contribution in [0.3, 0.4) is 0 Å². The maximum Gasteiger partial charge on any atom is 0.253 e. The van der Waals surface area contributed by atoms with Crippen LogP contribution >= 0.6 is 35.0 Å². The lowest BCUT2D eigenvalue weighted by molar-refractivity contribution is -0.119. The predicted octanol–water partition coefficient (Wildman–Crippen LogP) is 3.51. The van der Waals surface area contributed by atoms with Crippen LogP contribution in [0, 0.1) is 0 Å². The van der Waals surface area contributed by atoms with Crippen molar-refractivity contribution < 1.29 is 18.0 Å². The van der Waals surface area contributed by atoms with E-state index in [1.165, 1.54) is 29.2 Å². The number of sulfonamides is 1. The van der Waals surface area contributed by atoms with Crippen LogP contribution in [0.25, 0.3) is 0 Å². The van der Waals surface area contributed by atoms with Crippen molar-refractivity contribution in [1.82, 2.24) is 10.2 Å². The minimum absolute atomic E-state index is 0.197. The van der Waals surface area contributed by atoms with Crippen LogP contribution in [0.1, 0.15) is 15.9 Å². The lowest BCUT2D eigenvalue weighted by atomic mass is 10.2. The van der Waals surface area contributed by atoms with Crippen molar-refractivity contribution in [3.63, 3.8) is 0 Å². The standard InChI is InChI=1S/C21H25Cl2N3O4S2/c1-25(2)21(28)15-5-8-18(9-6-15)26(32(3,29)30)13-20(27)24-10-11-31-14-16-4-7-17(22)12-19(16)23/h4-9,12H,10-11,13-14H2,1-3H3,(H,24,27). The molecule has 0 heterocycles. The Morgan fingerprint density at radius 3 is 2.28 bits per heavy atom. The predicted molar refractivity (Wildman–Crippen MR) is 132 cm³/mol. The van der Waals surface area contributed by atoms with Gasteiger partial charge in [0.2, 0.25) is 15.9 Å². The summed E-state index contributed by atoms with van der Waals surface area (Å²) in [5, 5.41) is 3.90. The highest BCUT2D eigenvalue weighted by Gasteiger charge is 2.21. The molecule has 2 rings (SSSR count). The molecule has 0 saturated heterocycles. The van der Waals surface area contributed by atoms with E-state index in [-0.39, 0.29) is 12.5 Å². The zero-order chi connectivity index (χ0) is 23.9. The number of hydrogen-bond acceptors (Lipinski definition) is 5. The van der Waals surface area contributed by atoms with Gasteiger partial charge in [0.05, 0.1) is 11.9 Å². The molecule has 2 aromatic carbocycles. The smallest absolute Gasteiger partial charge is 0.253 e. The number of hydrogen-bond donors (Lipinski definition) is 1. The molecule has 0 unspecified atom stereocenters. The van der Waals surface area contributed by atoms with Gasteiger partial charge in [0.1, 0.15) is 6.54 Å². The van der Waals surface area contributed by atoms with Crippen LogP contribution < -0.4 is 9.62 Å². The van der Waals surface area contributed by atoms with Crippen LogP contribution in [-0.2, 0) is 20.6 Å². The summed E-state index contributed by atoms with van der Waals surface area (Å²) in [4.78, 5) is 25.8. The van der Waals surface area contributed by atoms with Gasteiger partial charge in [-0.2, -0.15) is 11.8 Å². The van der Waals surface area contributed by atoms with Gasteiger partial charge in [-0.25, -0.2) is 8.42 Å². The molecule has 0 bridgehead atoms. The lowest BCUT2D eigenvalue weighted by Crippen LogP contribution is -2.41. The molecule has 32 heavy (non-hydrogen) atoms. The van der Waals surface area contributed by atoms with Gasteiger partial charge < -0.3 is 10.2 Å². The van der Waals surface area contributed by atoms with Crippen molar-refractivity contribution in [3.8, 4) is 0 Å². The molecule has 0 aliphatic heterocycles. The minimum atomic E-state index is -3.70. The molecule has 7 nitrogen and oxygen atoms in total. The van der Waals surface area contributed by atoms with Crippen LogP contribution in [0.15, 0.2) is 42.5 Å². The Morgan fingerprint density at radius 2 is 1.72 bits per heavy atom. The summed E-state index contributed by atoms with van der Waals surface area (Å²) in [6, 6.07) is 11.4. The SMILES string of the molecule is CN(C)C(=O)c1ccc(N(CC(=O)NCCSCc2ccc(Cl)cc2Cl)S(C)(=O)=O)cc1. The van der Waals surface area contributed by atoms with Gasteiger partial charge in [-0.15, -0.1) is 0 Å². The van der Waals surface area contributed by atoms with E-state index in [9.17, 15) is 18.0 Å². The van der Waals surface area contributed by atoms with Crippen molar-refractivity contribution in [2.75, 3.05) is 43.5 Å². The highest BCUT2D eigenvalue weighted by molar-refractivity contribution is 7.98. The summed E-state index contributed by atoms with van der Waals surface area (Å²) >= 11 is 13.6. The third-order valence-corrected chi connectivity index (χ3v) is 7.07. The fourth-order valence-corrected chi connectivity index (χ4v) is 4.97. The van der Waals surface area contributed by atoms with Gasteiger partial charge in [-0.3, -0.25) is 13.9 Å². The zero-order valence-corrected chi connectivity index (χ0v) is 21.1. The summed E-state index contributed by atoms with van der Waals surface area (Å²) in [6.45, 7) is 0.0239. The number of benzene rings is 2. The van der Waals surface area contributed by atoms with Crippen LogP contribution in [-0.4, -0.2) is 64.3 Å². The maximum atomic E-state index is 12.3. The van der Waals surface area contributed by atoms with Gasteiger partial charge in [0.25, 0.3) is 5.91 Å². The summed E-state index contributed by atoms with van der Waals surface area (Å²) in [5.74, 6) is 0.677. The third-order valence-electron chi connectivity index (χ3n) is 4.34. The summed E-state index contributed by atoms with van der Waals surface area (Å²) < 4.78 is 25.5. The quantitative estimate of drug-likeness (QED) is 0.487. The van der Waals surface area contributed by atoms with E-state index in [2.05, 4.69) is 5.32 Å². The van der Waals surface area contributed by atoms with E-state index in [4.69, 9.17) is 23.2 Å². The first-order valence-corrected chi connectivity index (χ1v) is 13.3. The molecule has 2 aromatic rings. The van der Waals surface area contributed by atoms with Gasteiger partial charge >= 0.3 is 0 Å². The summed E-state index contributed by atoms with van der Waals surface area (Å²) in [6.07, 6.45) is 1.03. The number of rotatable bonds is 10. The molecule has 0 atom stereocenters. The number of halogens is 2. The largest absolute Gasteiger partial charge is 0.354 e. The van der Waals surface area contributed by atoms with Crippen LogP contribution in [0.4, 0.5) is 5.69 Å². The van der Waals surface area contributed by atoms with Gasteiger partial charge in [0.15, 0.2) is 0 Å². The molecule has 0 aliphatic carbocycles. The highest BCUT2D eigenvalue weighted by atomic mass is 35.5. The van der Waals surface area contributed by atoms with Crippen molar-refractivity contribution in [2.45, 2.75) is 5.75 Å². The van der Waals surface area contributed by atoms with Crippen molar-refractivity contribution in [3.05, 3.63) is 63.6 Å². The van der Waals surface area contributed by atoms with Gasteiger partial charge in [0, 0.05) is 47.8 Å². The van der Waals surface area contributed by atoms with Crippen molar-refractivity contribution in [2.24, 2.45) is 0 Å². The molecule has 0 saturated carbocycles. The van der Waals surface area contributed by atoms with E-state index in [0.29, 0.717) is 39.3 Å². The highest BCUT2D eigenvalue weighted by Crippen LogP contribution is 2.24. The monoisotopic (exact) mass is 517 g/mol. The number of nitrogens with one attached hydrogen (secondary N) is 1. The normalized spacial score (nSPS) is 11.2. The Balaban J connectivity index is 1.89. The van der Waals surface area contributed by atoms with Crippen molar-refractivity contribution in [1.29, 1.82) is 0 Å². The molecule has 0 spiro atoms. The van der Waals surface area contributed by atoms with E-state index in [1.54, 1.807) is 38.0 Å². The molecule has 0 aliphatic rings. The molecule has 0 radical (unpaired) electrons. The Morgan fingerprint density at radius 1 is 1.06 bits per heavy atom. The van der Waals surface area contributed by atoms with Gasteiger partial charge in [-0.1, -0.05) is 29.3 Å². The average Bonchev–Trinajstić information content (AvgIpc) is 2.72. The van der Waals surface area contributed by atoms with Crippen LogP contribution in [0.2, 0.25) is 10.0 Å². The topological polar surface area (TPSA) is 86.8 Å². The Bertz CT molecular complexity index is 1060. The fourth-order valence-electron chi connectivity index (χ4n) is 2.70. The fraction of sp³-hybridized carbons (Fsp3) is 0.333. The molecule has 2 amide bonds. The molecular weight excluding hydrogens is 493 g/mol. The number of amides is 2. The Kier molecular flexibility index (Phi) is 9.69. The number of thioether (sulfide) groups is 1. The zero-order valence-electron chi connectivity index (χ0n) is 18.0. The first-order chi connectivity index (χ1) is 15.0. The van der Waals surface area contributed by atoms with E-state index in [1.807, 2.05) is 6.07 Å². The number of anilines is 1. The second-order valence-corrected chi connectivity index (χ2v) is 11.0. The second-order valence-electron chi connectivity index (χ2n) is 7.15.